The van der Waals surface area contributed by atoms with Crippen LogP contribution in [-0.4, -0.2) is 24.0 Å². The van der Waals surface area contributed by atoms with Gasteiger partial charge < -0.3 is 5.32 Å². The van der Waals surface area contributed by atoms with Crippen molar-refractivity contribution in [3.63, 3.8) is 0 Å². The van der Waals surface area contributed by atoms with Gasteiger partial charge in [0.2, 0.25) is 5.91 Å². The van der Waals surface area contributed by atoms with E-state index in [-0.39, 0.29) is 22.9 Å². The highest BCUT2D eigenvalue weighted by Gasteiger charge is 2.38. The SMILES string of the molecule is CC(=O)c1ccc(SCC(=O)NCC2(c3cccc(Br)c3)CCC2)c(F)c1. The summed E-state index contributed by atoms with van der Waals surface area (Å²) in [5.74, 6) is -0.617. The molecule has 2 aromatic rings. The van der Waals surface area contributed by atoms with Crippen LogP contribution in [-0.2, 0) is 10.2 Å². The summed E-state index contributed by atoms with van der Waals surface area (Å²) in [7, 11) is 0. The summed E-state index contributed by atoms with van der Waals surface area (Å²) in [6.07, 6.45) is 3.26. The highest BCUT2D eigenvalue weighted by molar-refractivity contribution is 9.10. The number of carbonyl (C=O) groups is 2. The Morgan fingerprint density at radius 3 is 2.59 bits per heavy atom. The van der Waals surface area contributed by atoms with E-state index >= 15 is 0 Å². The van der Waals surface area contributed by atoms with Gasteiger partial charge in [0, 0.05) is 26.9 Å². The molecular formula is C21H21BrFNO2S. The largest absolute Gasteiger partial charge is 0.354 e. The molecule has 2 aromatic carbocycles. The topological polar surface area (TPSA) is 46.2 Å². The number of hydrogen-bond acceptors (Lipinski definition) is 3. The summed E-state index contributed by atoms with van der Waals surface area (Å²) in [5.41, 5.74) is 1.57. The molecule has 1 amide bonds. The Balaban J connectivity index is 1.56. The molecule has 0 atom stereocenters. The lowest BCUT2D eigenvalue weighted by Crippen LogP contribution is -2.46. The van der Waals surface area contributed by atoms with E-state index in [2.05, 4.69) is 33.4 Å². The number of carbonyl (C=O) groups excluding carboxylic acids is 2. The predicted octanol–water partition coefficient (Wildman–Crippen LogP) is 5.12. The smallest absolute Gasteiger partial charge is 0.230 e. The van der Waals surface area contributed by atoms with Gasteiger partial charge in [-0.15, -0.1) is 11.8 Å². The molecule has 0 aromatic heterocycles. The molecule has 27 heavy (non-hydrogen) atoms. The number of ketones is 1. The fourth-order valence-electron chi connectivity index (χ4n) is 3.29. The number of hydrogen-bond donors (Lipinski definition) is 1. The molecule has 0 bridgehead atoms. The summed E-state index contributed by atoms with van der Waals surface area (Å²) in [4.78, 5) is 23.9. The van der Waals surface area contributed by atoms with Crippen LogP contribution in [0.1, 0.15) is 42.1 Å². The van der Waals surface area contributed by atoms with Gasteiger partial charge in [-0.3, -0.25) is 9.59 Å². The summed E-state index contributed by atoms with van der Waals surface area (Å²) in [5, 5.41) is 3.01. The van der Waals surface area contributed by atoms with Crippen LogP contribution in [0.3, 0.4) is 0 Å². The second kappa shape index (κ2) is 8.57. The molecule has 3 nitrogen and oxygen atoms in total. The zero-order valence-electron chi connectivity index (χ0n) is 15.1. The number of nitrogens with one attached hydrogen (secondary N) is 1. The Hall–Kier alpha value is -1.66. The molecule has 1 fully saturated rings. The lowest BCUT2D eigenvalue weighted by Gasteiger charge is -2.42. The average molecular weight is 450 g/mol. The third-order valence-corrected chi connectivity index (χ3v) is 6.61. The second-order valence-corrected chi connectivity index (χ2v) is 8.84. The van der Waals surface area contributed by atoms with Crippen molar-refractivity contribution in [2.75, 3.05) is 12.3 Å². The predicted molar refractivity (Wildman–Crippen MR) is 110 cm³/mol. The molecule has 1 aliphatic rings. The van der Waals surface area contributed by atoms with Crippen molar-refractivity contribution in [1.82, 2.24) is 5.32 Å². The van der Waals surface area contributed by atoms with Crippen LogP contribution >= 0.6 is 27.7 Å². The molecule has 0 radical (unpaired) electrons. The van der Waals surface area contributed by atoms with E-state index in [1.807, 2.05) is 12.1 Å². The van der Waals surface area contributed by atoms with Gasteiger partial charge in [-0.25, -0.2) is 4.39 Å². The first-order valence-corrected chi connectivity index (χ1v) is 10.6. The van der Waals surface area contributed by atoms with Crippen LogP contribution in [0.25, 0.3) is 0 Å². The summed E-state index contributed by atoms with van der Waals surface area (Å²) < 4.78 is 15.1. The van der Waals surface area contributed by atoms with Crippen molar-refractivity contribution < 1.29 is 14.0 Å². The molecule has 1 N–H and O–H groups in total. The van der Waals surface area contributed by atoms with E-state index in [4.69, 9.17) is 0 Å². The number of halogens is 2. The third kappa shape index (κ3) is 4.79. The normalized spacial score (nSPS) is 15.1. The highest BCUT2D eigenvalue weighted by atomic mass is 79.9. The van der Waals surface area contributed by atoms with Crippen molar-refractivity contribution >= 4 is 39.4 Å². The van der Waals surface area contributed by atoms with E-state index in [1.54, 1.807) is 12.1 Å². The Labute approximate surface area is 171 Å². The number of benzene rings is 2. The number of amides is 1. The molecule has 1 aliphatic carbocycles. The van der Waals surface area contributed by atoms with Crippen LogP contribution in [0.5, 0.6) is 0 Å². The van der Waals surface area contributed by atoms with Gasteiger partial charge in [0.25, 0.3) is 0 Å². The number of rotatable bonds is 7. The zero-order valence-corrected chi connectivity index (χ0v) is 17.5. The number of thioether (sulfide) groups is 1. The van der Waals surface area contributed by atoms with Crippen molar-refractivity contribution in [2.24, 2.45) is 0 Å². The Morgan fingerprint density at radius 1 is 1.22 bits per heavy atom. The second-order valence-electron chi connectivity index (χ2n) is 6.91. The molecule has 142 valence electrons. The van der Waals surface area contributed by atoms with Gasteiger partial charge >= 0.3 is 0 Å². The first-order chi connectivity index (χ1) is 12.9. The minimum absolute atomic E-state index is 0.00150. The molecule has 1 saturated carbocycles. The van der Waals surface area contributed by atoms with Crippen LogP contribution in [0.4, 0.5) is 4.39 Å². The summed E-state index contributed by atoms with van der Waals surface area (Å²) in [6, 6.07) is 12.6. The van der Waals surface area contributed by atoms with Gasteiger partial charge in [0.1, 0.15) is 5.82 Å². The van der Waals surface area contributed by atoms with Crippen molar-refractivity contribution in [1.29, 1.82) is 0 Å². The van der Waals surface area contributed by atoms with Crippen molar-refractivity contribution in [3.05, 3.63) is 63.9 Å². The van der Waals surface area contributed by atoms with E-state index in [0.717, 1.165) is 35.5 Å². The first kappa shape index (κ1) is 20.1. The fourth-order valence-corrected chi connectivity index (χ4v) is 4.44. The zero-order chi connectivity index (χ0) is 19.4. The minimum Gasteiger partial charge on any atom is -0.354 e. The fraction of sp³-hybridized carbons (Fsp3) is 0.333. The average Bonchev–Trinajstić information content (AvgIpc) is 2.59. The van der Waals surface area contributed by atoms with Crippen molar-refractivity contribution in [3.8, 4) is 0 Å². The maximum atomic E-state index is 14.0. The highest BCUT2D eigenvalue weighted by Crippen LogP contribution is 2.43. The molecule has 0 heterocycles. The molecule has 3 rings (SSSR count). The lowest BCUT2D eigenvalue weighted by atomic mass is 9.64. The molecule has 0 aliphatic heterocycles. The van der Waals surface area contributed by atoms with Gasteiger partial charge in [-0.2, -0.15) is 0 Å². The van der Waals surface area contributed by atoms with E-state index in [1.165, 1.54) is 18.6 Å². The maximum absolute atomic E-state index is 14.0. The molecule has 0 saturated heterocycles. The Bertz CT molecular complexity index is 867. The van der Waals surface area contributed by atoms with Gasteiger partial charge in [0.05, 0.1) is 5.75 Å². The quantitative estimate of drug-likeness (QED) is 0.471. The Kier molecular flexibility index (Phi) is 6.37. The van der Waals surface area contributed by atoms with Crippen LogP contribution in [0.2, 0.25) is 0 Å². The molecule has 0 unspecified atom stereocenters. The standard InChI is InChI=1S/C21H21BrFNO2S/c1-14(25)15-6-7-19(18(23)10-15)27-12-20(26)24-13-21(8-3-9-21)16-4-2-5-17(22)11-16/h2,4-7,10-11H,3,8-9,12-13H2,1H3,(H,24,26). The van der Waals surface area contributed by atoms with Gasteiger partial charge in [0.15, 0.2) is 5.78 Å². The van der Waals surface area contributed by atoms with E-state index in [0.29, 0.717) is 17.0 Å². The third-order valence-electron chi connectivity index (χ3n) is 5.07. The first-order valence-electron chi connectivity index (χ1n) is 8.86. The van der Waals surface area contributed by atoms with Gasteiger partial charge in [-0.05, 0) is 49.6 Å². The van der Waals surface area contributed by atoms with Gasteiger partial charge in [-0.1, -0.05) is 40.5 Å². The molecule has 6 heteroatoms. The van der Waals surface area contributed by atoms with Crippen LogP contribution in [0, 0.1) is 5.82 Å². The van der Waals surface area contributed by atoms with E-state index in [9.17, 15) is 14.0 Å². The van der Waals surface area contributed by atoms with E-state index < -0.39 is 5.82 Å². The minimum atomic E-state index is -0.468. The van der Waals surface area contributed by atoms with Crippen LogP contribution < -0.4 is 5.32 Å². The van der Waals surface area contributed by atoms with Crippen LogP contribution in [0.15, 0.2) is 51.8 Å². The van der Waals surface area contributed by atoms with Crippen molar-refractivity contribution in [2.45, 2.75) is 36.5 Å². The number of Topliss-reactive ketones (excluding diaryl/α,β-unsaturated/α-hetero) is 1. The molecular weight excluding hydrogens is 429 g/mol. The summed E-state index contributed by atoms with van der Waals surface area (Å²) >= 11 is 4.66. The molecule has 0 spiro atoms. The lowest BCUT2D eigenvalue weighted by molar-refractivity contribution is -0.119. The summed E-state index contributed by atoms with van der Waals surface area (Å²) in [6.45, 7) is 1.99. The maximum Gasteiger partial charge on any atom is 0.230 e. The Morgan fingerprint density at radius 2 is 2.00 bits per heavy atom. The monoisotopic (exact) mass is 449 g/mol.